The van der Waals surface area contributed by atoms with Crippen LogP contribution in [-0.2, 0) is 16.4 Å². The van der Waals surface area contributed by atoms with Gasteiger partial charge in [-0.2, -0.15) is 5.26 Å². The Balaban J connectivity index is 1.94. The maximum absolute atomic E-state index is 11.4. The molecule has 0 amide bonds. The third-order valence-corrected chi connectivity index (χ3v) is 5.46. The van der Waals surface area contributed by atoms with Crippen LogP contribution in [0.5, 0.6) is 0 Å². The predicted molar refractivity (Wildman–Crippen MR) is 82.4 cm³/mol. The molecule has 1 aromatic rings. The fraction of sp³-hybridized carbons (Fsp3) is 0.562. The number of piperidine rings is 1. The fourth-order valence-corrected chi connectivity index (χ4v) is 3.35. The highest BCUT2D eigenvalue weighted by Gasteiger charge is 2.29. The standard InChI is InChI=1S/C16H22N2O2S/c1-16(7-10-17)8-11-18(12-9-16)13-14-3-5-15(6-4-14)21(2,19)20/h3-6H,7-9,11-13H2,1-2H3. The Morgan fingerprint density at radius 2 is 1.81 bits per heavy atom. The minimum atomic E-state index is -3.12. The van der Waals surface area contributed by atoms with Gasteiger partial charge >= 0.3 is 0 Å². The number of nitrogens with zero attached hydrogens (tertiary/aromatic N) is 2. The van der Waals surface area contributed by atoms with Gasteiger partial charge < -0.3 is 0 Å². The average molecular weight is 306 g/mol. The number of likely N-dealkylation sites (tertiary alicyclic amines) is 1. The quantitative estimate of drug-likeness (QED) is 0.858. The van der Waals surface area contributed by atoms with Crippen molar-refractivity contribution in [3.63, 3.8) is 0 Å². The zero-order chi connectivity index (χ0) is 15.5. The van der Waals surface area contributed by atoms with E-state index in [-0.39, 0.29) is 5.41 Å². The maximum Gasteiger partial charge on any atom is 0.175 e. The van der Waals surface area contributed by atoms with Crippen LogP contribution >= 0.6 is 0 Å². The van der Waals surface area contributed by atoms with Crippen molar-refractivity contribution in [2.75, 3.05) is 19.3 Å². The van der Waals surface area contributed by atoms with Crippen LogP contribution in [0.1, 0.15) is 31.7 Å². The van der Waals surface area contributed by atoms with E-state index in [9.17, 15) is 8.42 Å². The first-order chi connectivity index (χ1) is 9.82. The lowest BCUT2D eigenvalue weighted by Crippen LogP contribution is -2.38. The SMILES string of the molecule is CC1(CC#N)CCN(Cc2ccc(S(C)(=O)=O)cc2)CC1. The van der Waals surface area contributed by atoms with Crippen LogP contribution in [0.25, 0.3) is 0 Å². The molecule has 1 aromatic carbocycles. The molecule has 0 radical (unpaired) electrons. The lowest BCUT2D eigenvalue weighted by molar-refractivity contribution is 0.116. The van der Waals surface area contributed by atoms with Gasteiger partial charge in [0.05, 0.1) is 11.0 Å². The largest absolute Gasteiger partial charge is 0.299 e. The van der Waals surface area contributed by atoms with Gasteiger partial charge in [-0.05, 0) is 49.0 Å². The van der Waals surface area contributed by atoms with Crippen molar-refractivity contribution in [2.45, 2.75) is 37.6 Å². The summed E-state index contributed by atoms with van der Waals surface area (Å²) in [6, 6.07) is 9.41. The predicted octanol–water partition coefficient (Wildman–Crippen LogP) is 2.61. The summed E-state index contributed by atoms with van der Waals surface area (Å²) in [4.78, 5) is 2.74. The third kappa shape index (κ3) is 4.29. The number of hydrogen-bond donors (Lipinski definition) is 0. The van der Waals surface area contributed by atoms with E-state index in [0.29, 0.717) is 11.3 Å². The molecule has 0 N–H and O–H groups in total. The monoisotopic (exact) mass is 306 g/mol. The Morgan fingerprint density at radius 3 is 2.29 bits per heavy atom. The second-order valence-corrected chi connectivity index (χ2v) is 8.35. The number of rotatable bonds is 4. The zero-order valence-corrected chi connectivity index (χ0v) is 13.5. The summed E-state index contributed by atoms with van der Waals surface area (Å²) in [5, 5.41) is 8.86. The highest BCUT2D eigenvalue weighted by molar-refractivity contribution is 7.90. The van der Waals surface area contributed by atoms with Gasteiger partial charge in [0.1, 0.15) is 0 Å². The first-order valence-electron chi connectivity index (χ1n) is 7.21. The molecule has 1 heterocycles. The molecule has 21 heavy (non-hydrogen) atoms. The molecule has 2 rings (SSSR count). The first kappa shape index (κ1) is 16.0. The topological polar surface area (TPSA) is 61.2 Å². The molecule has 0 saturated carbocycles. The molecule has 0 unspecified atom stereocenters. The highest BCUT2D eigenvalue weighted by atomic mass is 32.2. The number of benzene rings is 1. The van der Waals surface area contributed by atoms with E-state index in [0.717, 1.165) is 38.0 Å². The Kier molecular flexibility index (Phi) is 4.70. The Hall–Kier alpha value is -1.38. The van der Waals surface area contributed by atoms with E-state index in [2.05, 4.69) is 17.9 Å². The summed E-state index contributed by atoms with van der Waals surface area (Å²) in [6.07, 6.45) is 3.94. The van der Waals surface area contributed by atoms with Gasteiger partial charge in [0.2, 0.25) is 0 Å². The van der Waals surface area contributed by atoms with Gasteiger partial charge in [-0.15, -0.1) is 0 Å². The summed E-state index contributed by atoms with van der Waals surface area (Å²) in [5.41, 5.74) is 1.29. The Labute approximate surface area is 127 Å². The van der Waals surface area contributed by atoms with E-state index in [1.807, 2.05) is 12.1 Å². The van der Waals surface area contributed by atoms with Crippen LogP contribution in [0.2, 0.25) is 0 Å². The van der Waals surface area contributed by atoms with E-state index < -0.39 is 9.84 Å². The van der Waals surface area contributed by atoms with E-state index in [4.69, 9.17) is 5.26 Å². The highest BCUT2D eigenvalue weighted by Crippen LogP contribution is 2.34. The molecule has 1 aliphatic heterocycles. The van der Waals surface area contributed by atoms with Crippen LogP contribution in [0.4, 0.5) is 0 Å². The summed E-state index contributed by atoms with van der Waals surface area (Å²) in [7, 11) is -3.12. The van der Waals surface area contributed by atoms with Gasteiger partial charge in [0, 0.05) is 19.2 Å². The zero-order valence-electron chi connectivity index (χ0n) is 12.7. The van der Waals surface area contributed by atoms with Gasteiger partial charge in [0.25, 0.3) is 0 Å². The Bertz CT molecular complexity index is 621. The molecule has 4 nitrogen and oxygen atoms in total. The molecule has 1 aliphatic rings. The smallest absolute Gasteiger partial charge is 0.175 e. The van der Waals surface area contributed by atoms with E-state index in [1.165, 1.54) is 6.26 Å². The van der Waals surface area contributed by atoms with E-state index >= 15 is 0 Å². The molecular formula is C16H22N2O2S. The summed E-state index contributed by atoms with van der Waals surface area (Å²) in [5.74, 6) is 0. The summed E-state index contributed by atoms with van der Waals surface area (Å²) in [6.45, 7) is 5.01. The molecule has 0 aromatic heterocycles. The van der Waals surface area contributed by atoms with Gasteiger partial charge in [-0.1, -0.05) is 19.1 Å². The summed E-state index contributed by atoms with van der Waals surface area (Å²) >= 11 is 0. The van der Waals surface area contributed by atoms with Crippen molar-refractivity contribution in [1.29, 1.82) is 5.26 Å². The molecule has 114 valence electrons. The lowest BCUT2D eigenvalue weighted by Gasteiger charge is -2.38. The molecule has 1 saturated heterocycles. The number of sulfone groups is 1. The number of nitriles is 1. The number of hydrogen-bond acceptors (Lipinski definition) is 4. The molecular weight excluding hydrogens is 284 g/mol. The molecule has 0 spiro atoms. The van der Waals surface area contributed by atoms with Crippen molar-refractivity contribution in [3.8, 4) is 6.07 Å². The van der Waals surface area contributed by atoms with E-state index in [1.54, 1.807) is 12.1 Å². The maximum atomic E-state index is 11.4. The Morgan fingerprint density at radius 1 is 1.24 bits per heavy atom. The minimum absolute atomic E-state index is 0.158. The van der Waals surface area contributed by atoms with Crippen LogP contribution in [0, 0.1) is 16.7 Å². The summed E-state index contributed by atoms with van der Waals surface area (Å²) < 4.78 is 22.9. The fourth-order valence-electron chi connectivity index (χ4n) is 2.72. The van der Waals surface area contributed by atoms with Crippen molar-refractivity contribution in [3.05, 3.63) is 29.8 Å². The van der Waals surface area contributed by atoms with Gasteiger partial charge in [-0.25, -0.2) is 8.42 Å². The minimum Gasteiger partial charge on any atom is -0.299 e. The second-order valence-electron chi connectivity index (χ2n) is 6.34. The lowest BCUT2D eigenvalue weighted by atomic mass is 9.78. The normalized spacial score (nSPS) is 19.1. The molecule has 1 fully saturated rings. The first-order valence-corrected chi connectivity index (χ1v) is 9.10. The second kappa shape index (κ2) is 6.17. The van der Waals surface area contributed by atoms with Crippen molar-refractivity contribution < 1.29 is 8.42 Å². The molecule has 0 aliphatic carbocycles. The van der Waals surface area contributed by atoms with Crippen LogP contribution in [0.3, 0.4) is 0 Å². The van der Waals surface area contributed by atoms with Crippen LogP contribution in [-0.4, -0.2) is 32.7 Å². The van der Waals surface area contributed by atoms with Crippen molar-refractivity contribution in [1.82, 2.24) is 4.90 Å². The third-order valence-electron chi connectivity index (χ3n) is 4.33. The molecule has 0 atom stereocenters. The van der Waals surface area contributed by atoms with Gasteiger partial charge in [0.15, 0.2) is 9.84 Å². The van der Waals surface area contributed by atoms with Crippen LogP contribution in [0.15, 0.2) is 29.2 Å². The van der Waals surface area contributed by atoms with Gasteiger partial charge in [-0.3, -0.25) is 4.90 Å². The van der Waals surface area contributed by atoms with Crippen LogP contribution < -0.4 is 0 Å². The van der Waals surface area contributed by atoms with Crippen molar-refractivity contribution >= 4 is 9.84 Å². The molecule has 0 bridgehead atoms. The molecule has 5 heteroatoms. The average Bonchev–Trinajstić information content (AvgIpc) is 2.41. The van der Waals surface area contributed by atoms with Crippen molar-refractivity contribution in [2.24, 2.45) is 5.41 Å².